The molecule has 104 valence electrons. The maximum absolute atomic E-state index is 12.3. The van der Waals surface area contributed by atoms with Crippen molar-refractivity contribution < 1.29 is 4.79 Å². The van der Waals surface area contributed by atoms with Crippen molar-refractivity contribution in [1.29, 1.82) is 0 Å². The van der Waals surface area contributed by atoms with E-state index in [1.807, 2.05) is 18.2 Å². The third kappa shape index (κ3) is 4.00. The van der Waals surface area contributed by atoms with Crippen molar-refractivity contribution in [1.82, 2.24) is 4.90 Å². The fraction of sp³-hybridized carbons (Fsp3) is 0.562. The van der Waals surface area contributed by atoms with Gasteiger partial charge < -0.3 is 4.90 Å². The molecule has 0 aromatic heterocycles. The van der Waals surface area contributed by atoms with Gasteiger partial charge in [-0.05, 0) is 45.2 Å². The zero-order valence-electron chi connectivity index (χ0n) is 11.8. The van der Waals surface area contributed by atoms with E-state index in [2.05, 4.69) is 30.9 Å². The Morgan fingerprint density at radius 3 is 2.47 bits per heavy atom. The van der Waals surface area contributed by atoms with Crippen molar-refractivity contribution in [2.24, 2.45) is 0 Å². The van der Waals surface area contributed by atoms with Crippen LogP contribution in [0.2, 0.25) is 0 Å². The summed E-state index contributed by atoms with van der Waals surface area (Å²) in [6, 6.07) is 11.1. The largest absolute Gasteiger partial charge is 0.337 e. The molecule has 2 atom stereocenters. The average molecular weight is 277 g/mol. The molecule has 0 saturated carbocycles. The predicted molar refractivity (Wildman–Crippen MR) is 81.4 cm³/mol. The lowest BCUT2D eigenvalue weighted by Crippen LogP contribution is -2.47. The summed E-state index contributed by atoms with van der Waals surface area (Å²) in [6.45, 7) is 4.36. The van der Waals surface area contributed by atoms with Gasteiger partial charge in [0.1, 0.15) is 0 Å². The Labute approximate surface area is 120 Å². The summed E-state index contributed by atoms with van der Waals surface area (Å²) >= 11 is 1.77. The molecular weight excluding hydrogens is 254 g/mol. The highest BCUT2D eigenvalue weighted by Crippen LogP contribution is 2.24. The minimum atomic E-state index is 0.322. The molecule has 1 heterocycles. The molecule has 0 bridgehead atoms. The minimum Gasteiger partial charge on any atom is -0.337 e. The fourth-order valence-electron chi connectivity index (χ4n) is 2.81. The number of hydrogen-bond donors (Lipinski definition) is 0. The van der Waals surface area contributed by atoms with E-state index in [0.29, 0.717) is 24.4 Å². The van der Waals surface area contributed by atoms with Crippen molar-refractivity contribution >= 4 is 17.7 Å². The van der Waals surface area contributed by atoms with Crippen LogP contribution in [0.3, 0.4) is 0 Å². The monoisotopic (exact) mass is 277 g/mol. The quantitative estimate of drug-likeness (QED) is 0.776. The number of thioether (sulfide) groups is 1. The second-order valence-electron chi connectivity index (χ2n) is 5.34. The van der Waals surface area contributed by atoms with Crippen molar-refractivity contribution in [3.05, 3.63) is 30.3 Å². The fourth-order valence-corrected chi connectivity index (χ4v) is 3.68. The molecule has 1 aromatic rings. The number of amides is 1. The lowest BCUT2D eigenvalue weighted by atomic mass is 9.97. The van der Waals surface area contributed by atoms with Crippen LogP contribution in [0.5, 0.6) is 0 Å². The molecule has 2 unspecified atom stereocenters. The summed E-state index contributed by atoms with van der Waals surface area (Å²) in [5.41, 5.74) is 0. The Kier molecular flexibility index (Phi) is 5.32. The van der Waals surface area contributed by atoms with Gasteiger partial charge in [0.25, 0.3) is 0 Å². The average Bonchev–Trinajstić information content (AvgIpc) is 2.40. The number of rotatable bonds is 4. The molecule has 1 aliphatic heterocycles. The smallest absolute Gasteiger partial charge is 0.223 e. The molecule has 1 fully saturated rings. The molecule has 0 spiro atoms. The Bertz CT molecular complexity index is 396. The van der Waals surface area contributed by atoms with E-state index in [1.54, 1.807) is 11.8 Å². The van der Waals surface area contributed by atoms with Gasteiger partial charge in [0.2, 0.25) is 5.91 Å². The van der Waals surface area contributed by atoms with Crippen LogP contribution in [0.1, 0.15) is 39.5 Å². The highest BCUT2D eigenvalue weighted by atomic mass is 32.2. The van der Waals surface area contributed by atoms with Crippen LogP contribution in [-0.4, -0.2) is 28.6 Å². The minimum absolute atomic E-state index is 0.322. The van der Waals surface area contributed by atoms with Crippen LogP contribution in [0.25, 0.3) is 0 Å². The number of likely N-dealkylation sites (tertiary alicyclic amines) is 1. The first-order valence-electron chi connectivity index (χ1n) is 7.17. The predicted octanol–water partition coefficient (Wildman–Crippen LogP) is 3.96. The molecule has 0 N–H and O–H groups in total. The van der Waals surface area contributed by atoms with Crippen molar-refractivity contribution in [2.75, 3.05) is 5.75 Å². The summed E-state index contributed by atoms with van der Waals surface area (Å²) in [4.78, 5) is 15.7. The van der Waals surface area contributed by atoms with Gasteiger partial charge in [0.15, 0.2) is 0 Å². The van der Waals surface area contributed by atoms with Crippen LogP contribution in [0.4, 0.5) is 0 Å². The molecule has 2 nitrogen and oxygen atoms in total. The Hall–Kier alpha value is -0.960. The zero-order valence-corrected chi connectivity index (χ0v) is 12.7. The molecule has 1 amide bonds. The molecule has 2 rings (SSSR count). The van der Waals surface area contributed by atoms with Crippen LogP contribution in [0.15, 0.2) is 35.2 Å². The molecular formula is C16H23NOS. The molecule has 1 aromatic carbocycles. The van der Waals surface area contributed by atoms with Gasteiger partial charge >= 0.3 is 0 Å². The Balaban J connectivity index is 1.80. The van der Waals surface area contributed by atoms with Crippen molar-refractivity contribution in [2.45, 2.75) is 56.5 Å². The molecule has 0 aliphatic carbocycles. The van der Waals surface area contributed by atoms with E-state index in [1.165, 1.54) is 11.3 Å². The van der Waals surface area contributed by atoms with Gasteiger partial charge in [-0.2, -0.15) is 0 Å². The first kappa shape index (κ1) is 14.4. The zero-order chi connectivity index (χ0) is 13.7. The van der Waals surface area contributed by atoms with E-state index >= 15 is 0 Å². The highest BCUT2D eigenvalue weighted by Gasteiger charge is 2.28. The van der Waals surface area contributed by atoms with Crippen LogP contribution in [-0.2, 0) is 4.79 Å². The number of hydrogen-bond acceptors (Lipinski definition) is 2. The lowest BCUT2D eigenvalue weighted by Gasteiger charge is -2.39. The van der Waals surface area contributed by atoms with Gasteiger partial charge in [-0.3, -0.25) is 4.79 Å². The summed E-state index contributed by atoms with van der Waals surface area (Å²) < 4.78 is 0. The van der Waals surface area contributed by atoms with Crippen LogP contribution < -0.4 is 0 Å². The number of carbonyl (C=O) groups excluding carboxylic acids is 1. The second-order valence-corrected chi connectivity index (χ2v) is 6.51. The standard InChI is InChI=1S/C16H23NOS/c1-13-7-6-8-14(2)17(13)16(18)11-12-19-15-9-4-3-5-10-15/h3-5,9-10,13-14H,6-8,11-12H2,1-2H3. The second kappa shape index (κ2) is 6.99. The molecule has 0 radical (unpaired) electrons. The molecule has 3 heteroatoms. The van der Waals surface area contributed by atoms with Crippen LogP contribution >= 0.6 is 11.8 Å². The number of carbonyl (C=O) groups is 1. The first-order chi connectivity index (χ1) is 9.18. The first-order valence-corrected chi connectivity index (χ1v) is 8.16. The summed E-state index contributed by atoms with van der Waals surface area (Å²) in [7, 11) is 0. The normalized spacial score (nSPS) is 23.4. The van der Waals surface area contributed by atoms with Gasteiger partial charge in [-0.25, -0.2) is 0 Å². The van der Waals surface area contributed by atoms with E-state index in [9.17, 15) is 4.79 Å². The Morgan fingerprint density at radius 1 is 1.21 bits per heavy atom. The van der Waals surface area contributed by atoms with Crippen molar-refractivity contribution in [3.63, 3.8) is 0 Å². The maximum Gasteiger partial charge on any atom is 0.223 e. The van der Waals surface area contributed by atoms with Gasteiger partial charge in [-0.15, -0.1) is 11.8 Å². The molecule has 1 aliphatic rings. The van der Waals surface area contributed by atoms with Gasteiger partial charge in [0, 0.05) is 29.2 Å². The third-order valence-electron chi connectivity index (χ3n) is 3.81. The maximum atomic E-state index is 12.3. The number of nitrogens with zero attached hydrogens (tertiary/aromatic N) is 1. The SMILES string of the molecule is CC1CCCC(C)N1C(=O)CCSc1ccccc1. The summed E-state index contributed by atoms with van der Waals surface area (Å²) in [5.74, 6) is 1.20. The van der Waals surface area contributed by atoms with E-state index in [-0.39, 0.29) is 0 Å². The van der Waals surface area contributed by atoms with Crippen molar-refractivity contribution in [3.8, 4) is 0 Å². The number of piperidine rings is 1. The summed E-state index contributed by atoms with van der Waals surface area (Å²) in [5, 5.41) is 0. The lowest BCUT2D eigenvalue weighted by molar-refractivity contribution is -0.136. The number of benzene rings is 1. The van der Waals surface area contributed by atoms with Gasteiger partial charge in [-0.1, -0.05) is 18.2 Å². The van der Waals surface area contributed by atoms with E-state index in [0.717, 1.165) is 18.6 Å². The van der Waals surface area contributed by atoms with E-state index in [4.69, 9.17) is 0 Å². The summed E-state index contributed by atoms with van der Waals surface area (Å²) in [6.07, 6.45) is 4.21. The third-order valence-corrected chi connectivity index (χ3v) is 4.82. The topological polar surface area (TPSA) is 20.3 Å². The van der Waals surface area contributed by atoms with E-state index < -0.39 is 0 Å². The Morgan fingerprint density at radius 2 is 1.84 bits per heavy atom. The van der Waals surface area contributed by atoms with Crippen LogP contribution in [0, 0.1) is 0 Å². The van der Waals surface area contributed by atoms with Gasteiger partial charge in [0.05, 0.1) is 0 Å². The molecule has 1 saturated heterocycles. The highest BCUT2D eigenvalue weighted by molar-refractivity contribution is 7.99. The molecule has 19 heavy (non-hydrogen) atoms.